The van der Waals surface area contributed by atoms with Crippen LogP contribution in [0.2, 0.25) is 0 Å². The van der Waals surface area contributed by atoms with Gasteiger partial charge in [-0.2, -0.15) is 0 Å². The maximum absolute atomic E-state index is 12.7. The summed E-state index contributed by atoms with van der Waals surface area (Å²) in [6.45, 7) is 6.26. The number of rotatable bonds is 5. The van der Waals surface area contributed by atoms with E-state index < -0.39 is 0 Å². The van der Waals surface area contributed by atoms with Crippen LogP contribution in [0.4, 0.5) is 5.69 Å². The first-order chi connectivity index (χ1) is 13.3. The van der Waals surface area contributed by atoms with Crippen molar-refractivity contribution in [2.75, 3.05) is 11.9 Å². The highest BCUT2D eigenvalue weighted by Crippen LogP contribution is 2.32. The summed E-state index contributed by atoms with van der Waals surface area (Å²) in [5.74, 6) is -0.279. The summed E-state index contributed by atoms with van der Waals surface area (Å²) in [4.78, 5) is 27.1. The van der Waals surface area contributed by atoms with Gasteiger partial charge < -0.3 is 5.32 Å². The fourth-order valence-corrected chi connectivity index (χ4v) is 4.20. The number of anilines is 1. The van der Waals surface area contributed by atoms with E-state index >= 15 is 0 Å². The minimum Gasteiger partial charge on any atom is -0.326 e. The molecule has 0 aliphatic carbocycles. The Kier molecular flexibility index (Phi) is 6.31. The Bertz CT molecular complexity index is 965. The lowest BCUT2D eigenvalue weighted by Crippen LogP contribution is -2.31. The molecule has 1 fully saturated rings. The normalized spacial score (nSPS) is 15.4. The van der Waals surface area contributed by atoms with Crippen LogP contribution in [0.15, 0.2) is 47.4 Å². The highest BCUT2D eigenvalue weighted by atomic mass is 32.2. The van der Waals surface area contributed by atoms with Crippen molar-refractivity contribution in [3.8, 4) is 0 Å². The minimum atomic E-state index is -0.144. The maximum atomic E-state index is 12.7. The molecular formula is C22H22N2O2S2. The van der Waals surface area contributed by atoms with Crippen LogP contribution in [0.5, 0.6) is 0 Å². The van der Waals surface area contributed by atoms with Crippen LogP contribution >= 0.6 is 24.0 Å². The van der Waals surface area contributed by atoms with Crippen LogP contribution in [0.25, 0.3) is 6.08 Å². The number of nitrogens with one attached hydrogen (secondary N) is 1. The molecule has 1 saturated heterocycles. The number of thiocarbonyl (C=S) groups is 1. The summed E-state index contributed by atoms with van der Waals surface area (Å²) < 4.78 is 0.489. The number of nitrogens with zero attached hydrogens (tertiary/aromatic N) is 1. The molecule has 2 amide bonds. The van der Waals surface area contributed by atoms with E-state index in [9.17, 15) is 9.59 Å². The van der Waals surface area contributed by atoms with Crippen molar-refractivity contribution in [1.82, 2.24) is 4.90 Å². The van der Waals surface area contributed by atoms with E-state index in [0.717, 1.165) is 22.4 Å². The molecule has 1 aliphatic rings. The highest BCUT2D eigenvalue weighted by Gasteiger charge is 2.32. The average Bonchev–Trinajstić information content (AvgIpc) is 2.91. The van der Waals surface area contributed by atoms with Crippen molar-refractivity contribution in [3.05, 3.63) is 69.6 Å². The third-order valence-corrected chi connectivity index (χ3v) is 5.84. The van der Waals surface area contributed by atoms with Gasteiger partial charge in [-0.15, -0.1) is 0 Å². The fourth-order valence-electron chi connectivity index (χ4n) is 2.89. The second kappa shape index (κ2) is 8.71. The zero-order valence-corrected chi connectivity index (χ0v) is 17.7. The van der Waals surface area contributed by atoms with Gasteiger partial charge in [-0.1, -0.05) is 71.5 Å². The molecule has 4 nitrogen and oxygen atoms in total. The van der Waals surface area contributed by atoms with Crippen molar-refractivity contribution in [2.24, 2.45) is 0 Å². The number of carbonyl (C=O) groups is 2. The summed E-state index contributed by atoms with van der Waals surface area (Å²) in [5, 5.41) is 2.91. The predicted octanol–water partition coefficient (Wildman–Crippen LogP) is 4.84. The van der Waals surface area contributed by atoms with Crippen molar-refractivity contribution in [3.63, 3.8) is 0 Å². The number of carbonyl (C=O) groups excluding carboxylic acids is 2. The first kappa shape index (κ1) is 20.3. The summed E-state index contributed by atoms with van der Waals surface area (Å²) >= 11 is 6.62. The summed E-state index contributed by atoms with van der Waals surface area (Å²) in [6.07, 6.45) is 2.03. The van der Waals surface area contributed by atoms with E-state index in [4.69, 9.17) is 12.2 Å². The zero-order valence-electron chi connectivity index (χ0n) is 16.1. The molecule has 0 unspecified atom stereocenters. The highest BCUT2D eigenvalue weighted by molar-refractivity contribution is 8.26. The third-order valence-electron chi connectivity index (χ3n) is 4.47. The van der Waals surface area contributed by atoms with Crippen LogP contribution in [0.3, 0.4) is 0 Å². The Labute approximate surface area is 175 Å². The van der Waals surface area contributed by atoms with Gasteiger partial charge in [0.1, 0.15) is 4.32 Å². The van der Waals surface area contributed by atoms with Gasteiger partial charge in [0.25, 0.3) is 5.91 Å². The van der Waals surface area contributed by atoms with Crippen LogP contribution in [-0.4, -0.2) is 27.6 Å². The first-order valence-corrected chi connectivity index (χ1v) is 10.2. The molecule has 0 radical (unpaired) electrons. The Balaban J connectivity index is 1.61. The lowest BCUT2D eigenvalue weighted by molar-refractivity contribution is -0.122. The number of hydrogen-bond donors (Lipinski definition) is 1. The van der Waals surface area contributed by atoms with Gasteiger partial charge in [0.15, 0.2) is 0 Å². The summed E-state index contributed by atoms with van der Waals surface area (Å²) in [6, 6.07) is 13.8. The molecule has 0 atom stereocenters. The van der Waals surface area contributed by atoms with Crippen molar-refractivity contribution in [1.29, 1.82) is 0 Å². The molecule has 0 bridgehead atoms. The first-order valence-electron chi connectivity index (χ1n) is 9.02. The van der Waals surface area contributed by atoms with E-state index in [1.165, 1.54) is 22.2 Å². The molecular weight excluding hydrogens is 388 g/mol. The minimum absolute atomic E-state index is 0.136. The molecule has 1 N–H and O–H groups in total. The van der Waals surface area contributed by atoms with Gasteiger partial charge >= 0.3 is 0 Å². The largest absolute Gasteiger partial charge is 0.326 e. The lowest BCUT2D eigenvalue weighted by Gasteiger charge is -2.15. The average molecular weight is 411 g/mol. The molecule has 28 heavy (non-hydrogen) atoms. The fraction of sp³-hybridized carbons (Fsp3) is 0.227. The molecule has 0 saturated carbocycles. The van der Waals surface area contributed by atoms with Gasteiger partial charge in [-0.3, -0.25) is 14.5 Å². The van der Waals surface area contributed by atoms with E-state index in [1.807, 2.05) is 69.3 Å². The summed E-state index contributed by atoms with van der Waals surface area (Å²) in [7, 11) is 0. The van der Waals surface area contributed by atoms with E-state index in [2.05, 4.69) is 5.32 Å². The SMILES string of the molecule is Cc1ccc(C=C2SC(=S)N(CCC(=O)Nc3ccc(C)cc3C)C2=O)cc1. The van der Waals surface area contributed by atoms with Crippen molar-refractivity contribution in [2.45, 2.75) is 27.2 Å². The Morgan fingerprint density at radius 3 is 2.46 bits per heavy atom. The van der Waals surface area contributed by atoms with Crippen LogP contribution < -0.4 is 5.32 Å². The number of benzene rings is 2. The second-order valence-electron chi connectivity index (χ2n) is 6.86. The predicted molar refractivity (Wildman–Crippen MR) is 120 cm³/mol. The van der Waals surface area contributed by atoms with Crippen LogP contribution in [0.1, 0.15) is 28.7 Å². The Morgan fingerprint density at radius 2 is 1.79 bits per heavy atom. The van der Waals surface area contributed by atoms with Crippen molar-refractivity contribution >= 4 is 51.9 Å². The van der Waals surface area contributed by atoms with Gasteiger partial charge in [0.2, 0.25) is 5.91 Å². The van der Waals surface area contributed by atoms with Gasteiger partial charge in [-0.05, 0) is 44.0 Å². The standard InChI is InChI=1S/C22H22N2O2S2/c1-14-4-7-17(8-5-14)13-19-21(26)24(22(27)28-19)11-10-20(25)23-18-9-6-15(2)12-16(18)3/h4-9,12-13H,10-11H2,1-3H3,(H,23,25). The number of hydrogen-bond acceptors (Lipinski definition) is 4. The molecule has 0 spiro atoms. The molecule has 1 aliphatic heterocycles. The quantitative estimate of drug-likeness (QED) is 0.566. The van der Waals surface area contributed by atoms with Crippen molar-refractivity contribution < 1.29 is 9.59 Å². The molecule has 0 aromatic heterocycles. The lowest BCUT2D eigenvalue weighted by atomic mass is 10.1. The van der Waals surface area contributed by atoms with Crippen LogP contribution in [-0.2, 0) is 9.59 Å². The smallest absolute Gasteiger partial charge is 0.266 e. The third kappa shape index (κ3) is 4.88. The molecule has 144 valence electrons. The molecule has 3 rings (SSSR count). The second-order valence-corrected chi connectivity index (χ2v) is 8.54. The topological polar surface area (TPSA) is 49.4 Å². The molecule has 2 aromatic carbocycles. The van der Waals surface area contributed by atoms with Gasteiger partial charge in [-0.25, -0.2) is 0 Å². The Hall–Kier alpha value is -2.44. The van der Waals surface area contributed by atoms with Gasteiger partial charge in [0, 0.05) is 18.7 Å². The van der Waals surface area contributed by atoms with E-state index in [1.54, 1.807) is 0 Å². The Morgan fingerprint density at radius 1 is 1.11 bits per heavy atom. The zero-order chi connectivity index (χ0) is 20.3. The monoisotopic (exact) mass is 410 g/mol. The number of thioether (sulfide) groups is 1. The molecule has 2 aromatic rings. The molecule has 1 heterocycles. The van der Waals surface area contributed by atoms with E-state index in [0.29, 0.717) is 9.23 Å². The maximum Gasteiger partial charge on any atom is 0.266 e. The number of aryl methyl sites for hydroxylation is 3. The summed E-state index contributed by atoms with van der Waals surface area (Å²) in [5.41, 5.74) is 5.08. The van der Waals surface area contributed by atoms with Crippen LogP contribution in [0, 0.1) is 20.8 Å². The van der Waals surface area contributed by atoms with E-state index in [-0.39, 0.29) is 24.8 Å². The number of amides is 2. The van der Waals surface area contributed by atoms with Gasteiger partial charge in [0.05, 0.1) is 4.91 Å². The molecule has 6 heteroatoms.